The molecule has 2 nitrogen and oxygen atoms in total. The number of anilines is 1. The Morgan fingerprint density at radius 3 is 2.88 bits per heavy atom. The summed E-state index contributed by atoms with van der Waals surface area (Å²) >= 11 is 0. The molecule has 1 aliphatic heterocycles. The van der Waals surface area contributed by atoms with Crippen LogP contribution in [0.5, 0.6) is 0 Å². The van der Waals surface area contributed by atoms with Crippen molar-refractivity contribution in [1.29, 1.82) is 0 Å². The maximum absolute atomic E-state index is 3.49. The lowest BCUT2D eigenvalue weighted by atomic mass is 10.1. The van der Waals surface area contributed by atoms with Crippen LogP contribution in [0.25, 0.3) is 0 Å². The number of rotatable bonds is 1. The van der Waals surface area contributed by atoms with Gasteiger partial charge in [0.2, 0.25) is 0 Å². The number of nitrogens with zero attached hydrogens (tertiary/aromatic N) is 1. The Labute approximate surface area is 98.7 Å². The van der Waals surface area contributed by atoms with Gasteiger partial charge in [-0.15, -0.1) is 0 Å². The van der Waals surface area contributed by atoms with Crippen LogP contribution in [0.4, 0.5) is 5.69 Å². The first-order valence-electron chi connectivity index (χ1n) is 6.20. The molecule has 1 aromatic rings. The van der Waals surface area contributed by atoms with E-state index in [4.69, 9.17) is 0 Å². The smallest absolute Gasteiger partial charge is 0.0396 e. The lowest BCUT2D eigenvalue weighted by molar-refractivity contribution is 0.564. The zero-order valence-corrected chi connectivity index (χ0v) is 10.6. The maximum Gasteiger partial charge on any atom is 0.0396 e. The van der Waals surface area contributed by atoms with Crippen LogP contribution < -0.4 is 10.2 Å². The number of aryl methyl sites for hydroxylation is 2. The highest BCUT2D eigenvalue weighted by Crippen LogP contribution is 2.22. The van der Waals surface area contributed by atoms with E-state index in [0.29, 0.717) is 0 Å². The van der Waals surface area contributed by atoms with Crippen molar-refractivity contribution in [3.05, 3.63) is 29.3 Å². The van der Waals surface area contributed by atoms with Crippen molar-refractivity contribution >= 4 is 5.69 Å². The quantitative estimate of drug-likeness (QED) is 0.778. The highest BCUT2D eigenvalue weighted by Gasteiger charge is 2.15. The standard InChI is InChI=1S/C14H22N2/c1-11-4-5-14(13(3)8-11)16-7-6-15-9-12(2)10-16/h4-5,8,12,15H,6-7,9-10H2,1-3H3. The van der Waals surface area contributed by atoms with Gasteiger partial charge in [-0.1, -0.05) is 24.6 Å². The summed E-state index contributed by atoms with van der Waals surface area (Å²) in [7, 11) is 0. The molecule has 0 radical (unpaired) electrons. The predicted molar refractivity (Wildman–Crippen MR) is 70.2 cm³/mol. The van der Waals surface area contributed by atoms with Gasteiger partial charge in [-0.25, -0.2) is 0 Å². The summed E-state index contributed by atoms with van der Waals surface area (Å²) < 4.78 is 0. The summed E-state index contributed by atoms with van der Waals surface area (Å²) in [6.07, 6.45) is 0. The first-order chi connectivity index (χ1) is 7.66. The van der Waals surface area contributed by atoms with Gasteiger partial charge in [-0.2, -0.15) is 0 Å². The fourth-order valence-electron chi connectivity index (χ4n) is 2.47. The van der Waals surface area contributed by atoms with E-state index >= 15 is 0 Å². The Hall–Kier alpha value is -1.02. The lowest BCUT2D eigenvalue weighted by Gasteiger charge is -2.26. The van der Waals surface area contributed by atoms with E-state index < -0.39 is 0 Å². The van der Waals surface area contributed by atoms with Crippen LogP contribution in [-0.4, -0.2) is 26.2 Å². The summed E-state index contributed by atoms with van der Waals surface area (Å²) in [4.78, 5) is 2.51. The Morgan fingerprint density at radius 2 is 2.12 bits per heavy atom. The topological polar surface area (TPSA) is 15.3 Å². The summed E-state index contributed by atoms with van der Waals surface area (Å²) in [5.41, 5.74) is 4.15. The Kier molecular flexibility index (Phi) is 3.49. The zero-order chi connectivity index (χ0) is 11.5. The second-order valence-corrected chi connectivity index (χ2v) is 5.05. The monoisotopic (exact) mass is 218 g/mol. The molecule has 1 aromatic carbocycles. The van der Waals surface area contributed by atoms with Crippen LogP contribution in [0, 0.1) is 19.8 Å². The first-order valence-corrected chi connectivity index (χ1v) is 6.20. The average molecular weight is 218 g/mol. The van der Waals surface area contributed by atoms with Crippen molar-refractivity contribution in [2.45, 2.75) is 20.8 Å². The fraction of sp³-hybridized carbons (Fsp3) is 0.571. The third-order valence-electron chi connectivity index (χ3n) is 3.28. The molecule has 1 aliphatic rings. The van der Waals surface area contributed by atoms with Crippen molar-refractivity contribution in [3.63, 3.8) is 0 Å². The second-order valence-electron chi connectivity index (χ2n) is 5.05. The third kappa shape index (κ3) is 2.56. The van der Waals surface area contributed by atoms with E-state index in [0.717, 1.165) is 32.1 Å². The van der Waals surface area contributed by atoms with Gasteiger partial charge in [-0.05, 0) is 37.9 Å². The Bertz CT molecular complexity index is 360. The molecule has 16 heavy (non-hydrogen) atoms. The van der Waals surface area contributed by atoms with Crippen molar-refractivity contribution in [2.24, 2.45) is 5.92 Å². The van der Waals surface area contributed by atoms with E-state index in [2.05, 4.69) is 49.2 Å². The average Bonchev–Trinajstić information content (AvgIpc) is 2.43. The van der Waals surface area contributed by atoms with Crippen molar-refractivity contribution in [3.8, 4) is 0 Å². The highest BCUT2D eigenvalue weighted by atomic mass is 15.2. The minimum atomic E-state index is 0.725. The molecular formula is C14H22N2. The van der Waals surface area contributed by atoms with Crippen LogP contribution in [0.15, 0.2) is 18.2 Å². The molecular weight excluding hydrogens is 196 g/mol. The molecule has 1 saturated heterocycles. The molecule has 0 spiro atoms. The van der Waals surface area contributed by atoms with E-state index in [1.165, 1.54) is 16.8 Å². The normalized spacial score (nSPS) is 21.9. The van der Waals surface area contributed by atoms with Crippen LogP contribution in [0.3, 0.4) is 0 Å². The molecule has 0 aliphatic carbocycles. The van der Waals surface area contributed by atoms with Gasteiger partial charge in [0.05, 0.1) is 0 Å². The fourth-order valence-corrected chi connectivity index (χ4v) is 2.47. The summed E-state index contributed by atoms with van der Waals surface area (Å²) in [6, 6.07) is 6.76. The number of hydrogen-bond acceptors (Lipinski definition) is 2. The number of hydrogen-bond donors (Lipinski definition) is 1. The van der Waals surface area contributed by atoms with Gasteiger partial charge in [-0.3, -0.25) is 0 Å². The molecule has 1 unspecified atom stereocenters. The van der Waals surface area contributed by atoms with Crippen LogP contribution >= 0.6 is 0 Å². The molecule has 0 bridgehead atoms. The summed E-state index contributed by atoms with van der Waals surface area (Å²) in [6.45, 7) is 11.2. The molecule has 88 valence electrons. The minimum Gasteiger partial charge on any atom is -0.370 e. The van der Waals surface area contributed by atoms with Crippen LogP contribution in [0.1, 0.15) is 18.1 Å². The van der Waals surface area contributed by atoms with Crippen LogP contribution in [-0.2, 0) is 0 Å². The van der Waals surface area contributed by atoms with Gasteiger partial charge in [0.25, 0.3) is 0 Å². The number of nitrogens with one attached hydrogen (secondary N) is 1. The first kappa shape index (κ1) is 11.5. The molecule has 2 rings (SSSR count). The van der Waals surface area contributed by atoms with E-state index in [1.807, 2.05) is 0 Å². The van der Waals surface area contributed by atoms with E-state index in [9.17, 15) is 0 Å². The molecule has 0 saturated carbocycles. The van der Waals surface area contributed by atoms with Gasteiger partial charge >= 0.3 is 0 Å². The molecule has 1 heterocycles. The van der Waals surface area contributed by atoms with E-state index in [1.54, 1.807) is 0 Å². The lowest BCUT2D eigenvalue weighted by Crippen LogP contribution is -2.29. The van der Waals surface area contributed by atoms with Gasteiger partial charge < -0.3 is 10.2 Å². The summed E-state index contributed by atoms with van der Waals surface area (Å²) in [5.74, 6) is 0.725. The Balaban J connectivity index is 2.21. The van der Waals surface area contributed by atoms with Crippen LogP contribution in [0.2, 0.25) is 0 Å². The largest absolute Gasteiger partial charge is 0.370 e. The predicted octanol–water partition coefficient (Wildman–Crippen LogP) is 2.35. The SMILES string of the molecule is Cc1ccc(N2CCNCC(C)C2)c(C)c1. The molecule has 0 aromatic heterocycles. The molecule has 1 atom stereocenters. The second kappa shape index (κ2) is 4.88. The molecule has 2 heteroatoms. The summed E-state index contributed by atoms with van der Waals surface area (Å²) in [5, 5.41) is 3.49. The molecule has 1 fully saturated rings. The molecule has 1 N–H and O–H groups in total. The van der Waals surface area contributed by atoms with Crippen molar-refractivity contribution in [2.75, 3.05) is 31.1 Å². The number of benzene rings is 1. The highest BCUT2D eigenvalue weighted by molar-refractivity contribution is 5.54. The maximum atomic E-state index is 3.49. The Morgan fingerprint density at radius 1 is 1.31 bits per heavy atom. The van der Waals surface area contributed by atoms with Gasteiger partial charge in [0.15, 0.2) is 0 Å². The van der Waals surface area contributed by atoms with Crippen molar-refractivity contribution < 1.29 is 0 Å². The minimum absolute atomic E-state index is 0.725. The third-order valence-corrected chi connectivity index (χ3v) is 3.28. The van der Waals surface area contributed by atoms with Crippen molar-refractivity contribution in [1.82, 2.24) is 5.32 Å². The molecule has 0 amide bonds. The van der Waals surface area contributed by atoms with Gasteiger partial charge in [0, 0.05) is 25.3 Å². The van der Waals surface area contributed by atoms with E-state index in [-0.39, 0.29) is 0 Å². The van der Waals surface area contributed by atoms with Gasteiger partial charge in [0.1, 0.15) is 0 Å². The zero-order valence-electron chi connectivity index (χ0n) is 10.6.